The van der Waals surface area contributed by atoms with E-state index in [4.69, 9.17) is 21.1 Å². The zero-order valence-corrected chi connectivity index (χ0v) is 19.7. The van der Waals surface area contributed by atoms with Crippen molar-refractivity contribution in [1.29, 1.82) is 0 Å². The van der Waals surface area contributed by atoms with Gasteiger partial charge in [-0.05, 0) is 72.8 Å². The Bertz CT molecular complexity index is 1310. The fourth-order valence-electron chi connectivity index (χ4n) is 3.06. The summed E-state index contributed by atoms with van der Waals surface area (Å²) in [6.45, 7) is 1.55. The maximum Gasteiger partial charge on any atom is 0.337 e. The number of ether oxygens (including phenoxy) is 3. The van der Waals surface area contributed by atoms with Crippen molar-refractivity contribution in [2.75, 3.05) is 7.11 Å². The summed E-state index contributed by atoms with van der Waals surface area (Å²) in [6, 6.07) is 20.5. The lowest BCUT2D eigenvalue weighted by Gasteiger charge is -2.14. The van der Waals surface area contributed by atoms with Gasteiger partial charge < -0.3 is 14.2 Å². The molecule has 0 N–H and O–H groups in total. The molecule has 0 bridgehead atoms. The molecule has 1 atom stereocenters. The van der Waals surface area contributed by atoms with Gasteiger partial charge in [-0.25, -0.2) is 4.79 Å². The molecular weight excluding hydrogens is 472 g/mol. The fraction of sp³-hybridized carbons (Fsp3) is 0.160. The molecule has 1 aromatic heterocycles. The van der Waals surface area contributed by atoms with E-state index < -0.39 is 12.1 Å². The van der Waals surface area contributed by atoms with Crippen LogP contribution in [0.15, 0.2) is 72.8 Å². The molecule has 0 aliphatic heterocycles. The largest absolute Gasteiger partial charge is 0.483 e. The number of hydrogen-bond donors (Lipinski definition) is 0. The topological polar surface area (TPSA) is 105 Å². The summed E-state index contributed by atoms with van der Waals surface area (Å²) < 4.78 is 16.2. The first-order valence-electron chi connectivity index (χ1n) is 10.6. The Kier molecular flexibility index (Phi) is 7.37. The second-order valence-corrected chi connectivity index (χ2v) is 7.90. The number of rotatable bonds is 9. The molecule has 0 spiro atoms. The van der Waals surface area contributed by atoms with Crippen molar-refractivity contribution in [1.82, 2.24) is 20.2 Å². The average molecular weight is 493 g/mol. The van der Waals surface area contributed by atoms with Crippen LogP contribution in [0.5, 0.6) is 17.2 Å². The van der Waals surface area contributed by atoms with Gasteiger partial charge in [0.1, 0.15) is 23.8 Å². The van der Waals surface area contributed by atoms with Crippen molar-refractivity contribution in [3.8, 4) is 28.6 Å². The van der Waals surface area contributed by atoms with Crippen molar-refractivity contribution in [2.45, 2.75) is 19.6 Å². The van der Waals surface area contributed by atoms with E-state index in [1.807, 2.05) is 0 Å². The molecule has 0 aliphatic rings. The number of Topliss-reactive ketones (excluding diaryl/α,β-unsaturated/α-hetero) is 1. The first kappa shape index (κ1) is 23.9. The van der Waals surface area contributed by atoms with Gasteiger partial charge in [-0.2, -0.15) is 4.80 Å². The van der Waals surface area contributed by atoms with Crippen molar-refractivity contribution < 1.29 is 23.8 Å². The predicted molar refractivity (Wildman–Crippen MR) is 128 cm³/mol. The minimum Gasteiger partial charge on any atom is -0.483 e. The number of methoxy groups -OCH3 is 1. The van der Waals surface area contributed by atoms with E-state index >= 15 is 0 Å². The second kappa shape index (κ2) is 10.8. The summed E-state index contributed by atoms with van der Waals surface area (Å²) in [7, 11) is 1.32. The Morgan fingerprint density at radius 3 is 2.14 bits per heavy atom. The zero-order valence-electron chi connectivity index (χ0n) is 18.9. The number of tetrazole rings is 1. The molecular formula is C25H21ClN4O5. The van der Waals surface area contributed by atoms with Crippen LogP contribution in [0.1, 0.15) is 17.3 Å². The van der Waals surface area contributed by atoms with E-state index in [-0.39, 0.29) is 12.3 Å². The van der Waals surface area contributed by atoms with Crippen LogP contribution in [0, 0.1) is 0 Å². The second-order valence-electron chi connectivity index (χ2n) is 7.47. The molecule has 4 rings (SSSR count). The van der Waals surface area contributed by atoms with Crippen LogP contribution in [-0.2, 0) is 16.1 Å². The highest BCUT2D eigenvalue weighted by Gasteiger charge is 2.18. The molecule has 0 radical (unpaired) electrons. The standard InChI is InChI=1S/C25H21ClN4O5/c1-16(34-20-11-13-22(14-12-20)35-21-9-7-19(26)8-10-21)23(31)15-30-28-24(27-29-30)17-3-5-18(6-4-17)25(32)33-2/h3-14,16H,15H2,1-2H3. The zero-order chi connectivity index (χ0) is 24.8. The molecule has 1 heterocycles. The first-order chi connectivity index (χ1) is 16.9. The van der Waals surface area contributed by atoms with Crippen LogP contribution in [0.2, 0.25) is 5.02 Å². The Hall–Kier alpha value is -4.24. The molecule has 0 aliphatic carbocycles. The lowest BCUT2D eigenvalue weighted by molar-refractivity contribution is -0.126. The van der Waals surface area contributed by atoms with Gasteiger partial charge in [0.2, 0.25) is 5.82 Å². The lowest BCUT2D eigenvalue weighted by atomic mass is 10.1. The fourth-order valence-corrected chi connectivity index (χ4v) is 3.19. The van der Waals surface area contributed by atoms with E-state index in [9.17, 15) is 9.59 Å². The third-order valence-electron chi connectivity index (χ3n) is 4.95. The SMILES string of the molecule is COC(=O)c1ccc(-c2nnn(CC(=O)C(C)Oc3ccc(Oc4ccc(Cl)cc4)cc3)n2)cc1. The minimum absolute atomic E-state index is 0.105. The summed E-state index contributed by atoms with van der Waals surface area (Å²) in [5.41, 5.74) is 1.07. The van der Waals surface area contributed by atoms with Crippen molar-refractivity contribution in [3.63, 3.8) is 0 Å². The highest BCUT2D eigenvalue weighted by molar-refractivity contribution is 6.30. The van der Waals surface area contributed by atoms with E-state index in [0.717, 1.165) is 0 Å². The molecule has 3 aromatic carbocycles. The maximum absolute atomic E-state index is 12.6. The quantitative estimate of drug-likeness (QED) is 0.312. The van der Waals surface area contributed by atoms with Gasteiger partial charge in [0.15, 0.2) is 11.9 Å². The summed E-state index contributed by atoms with van der Waals surface area (Å²) in [5.74, 6) is 1.47. The lowest BCUT2D eigenvalue weighted by Crippen LogP contribution is -2.28. The van der Waals surface area contributed by atoms with E-state index in [1.54, 1.807) is 79.7 Å². The number of carbonyl (C=O) groups is 2. The van der Waals surface area contributed by atoms with Gasteiger partial charge in [0.25, 0.3) is 0 Å². The number of halogens is 1. The number of carbonyl (C=O) groups excluding carboxylic acids is 2. The number of benzene rings is 3. The third kappa shape index (κ3) is 6.21. The van der Waals surface area contributed by atoms with Gasteiger partial charge in [0, 0.05) is 10.6 Å². The Morgan fingerprint density at radius 1 is 0.914 bits per heavy atom. The Morgan fingerprint density at radius 2 is 1.51 bits per heavy atom. The van der Waals surface area contributed by atoms with Crippen LogP contribution in [0.25, 0.3) is 11.4 Å². The number of ketones is 1. The normalized spacial score (nSPS) is 11.5. The summed E-state index contributed by atoms with van der Waals surface area (Å²) in [4.78, 5) is 25.4. The van der Waals surface area contributed by atoms with Crippen molar-refractivity contribution in [2.24, 2.45) is 0 Å². The van der Waals surface area contributed by atoms with E-state index in [1.165, 1.54) is 11.9 Å². The van der Waals surface area contributed by atoms with Gasteiger partial charge in [-0.3, -0.25) is 4.79 Å². The highest BCUT2D eigenvalue weighted by atomic mass is 35.5. The van der Waals surface area contributed by atoms with Crippen LogP contribution in [0.3, 0.4) is 0 Å². The number of nitrogens with zero attached hydrogens (tertiary/aromatic N) is 4. The predicted octanol–water partition coefficient (Wildman–Crippen LogP) is 4.61. The van der Waals surface area contributed by atoms with Crippen LogP contribution < -0.4 is 9.47 Å². The van der Waals surface area contributed by atoms with Crippen molar-refractivity contribution in [3.05, 3.63) is 83.4 Å². The Labute approximate surface area is 206 Å². The molecule has 9 nitrogen and oxygen atoms in total. The van der Waals surface area contributed by atoms with Crippen LogP contribution >= 0.6 is 11.6 Å². The molecule has 35 heavy (non-hydrogen) atoms. The summed E-state index contributed by atoms with van der Waals surface area (Å²) >= 11 is 5.88. The molecule has 0 fully saturated rings. The van der Waals surface area contributed by atoms with E-state index in [2.05, 4.69) is 20.1 Å². The number of aromatic nitrogens is 4. The molecule has 10 heteroatoms. The molecule has 0 saturated carbocycles. The van der Waals surface area contributed by atoms with Crippen LogP contribution in [-0.4, -0.2) is 45.2 Å². The Balaban J connectivity index is 1.32. The smallest absolute Gasteiger partial charge is 0.337 e. The van der Waals surface area contributed by atoms with Crippen LogP contribution in [0.4, 0.5) is 0 Å². The molecule has 0 amide bonds. The maximum atomic E-state index is 12.6. The van der Waals surface area contributed by atoms with Gasteiger partial charge in [0.05, 0.1) is 12.7 Å². The van der Waals surface area contributed by atoms with Gasteiger partial charge in [-0.15, -0.1) is 10.2 Å². The minimum atomic E-state index is -0.730. The molecule has 0 saturated heterocycles. The van der Waals surface area contributed by atoms with Gasteiger partial charge in [-0.1, -0.05) is 23.7 Å². The van der Waals surface area contributed by atoms with Gasteiger partial charge >= 0.3 is 5.97 Å². The van der Waals surface area contributed by atoms with Crippen molar-refractivity contribution >= 4 is 23.4 Å². The first-order valence-corrected chi connectivity index (χ1v) is 11.0. The number of esters is 1. The highest BCUT2D eigenvalue weighted by Crippen LogP contribution is 2.25. The summed E-state index contributed by atoms with van der Waals surface area (Å²) in [5, 5.41) is 12.8. The number of hydrogen-bond acceptors (Lipinski definition) is 8. The molecule has 178 valence electrons. The molecule has 1 unspecified atom stereocenters. The van der Waals surface area contributed by atoms with E-state index in [0.29, 0.717) is 39.2 Å². The summed E-state index contributed by atoms with van der Waals surface area (Å²) in [6.07, 6.45) is -0.730. The monoisotopic (exact) mass is 492 g/mol. The third-order valence-corrected chi connectivity index (χ3v) is 5.21. The average Bonchev–Trinajstić information content (AvgIpc) is 3.34. The molecule has 4 aromatic rings.